The van der Waals surface area contributed by atoms with Crippen LogP contribution in [0.15, 0.2) is 48.6 Å². The van der Waals surface area contributed by atoms with Crippen molar-refractivity contribution in [2.45, 2.75) is 18.7 Å². The molecule has 4 N–H and O–H groups in total. The fourth-order valence-electron chi connectivity index (χ4n) is 2.76. The number of H-pyrrole nitrogens is 1. The number of alkyl halides is 3. The Morgan fingerprint density at radius 3 is 2.54 bits per heavy atom. The van der Waals surface area contributed by atoms with Crippen LogP contribution in [0, 0.1) is 0 Å². The number of hydrogen-bond donors (Lipinski definition) is 3. The molecule has 1 aromatic carbocycles. The van der Waals surface area contributed by atoms with Crippen molar-refractivity contribution >= 4 is 17.5 Å². The maximum absolute atomic E-state index is 12.5. The van der Waals surface area contributed by atoms with Crippen molar-refractivity contribution in [2.24, 2.45) is 5.73 Å². The molecule has 0 fully saturated rings. The minimum atomic E-state index is -4.88. The number of primary amides is 1. The molecule has 10 heteroatoms. The van der Waals surface area contributed by atoms with Crippen LogP contribution in [0.3, 0.4) is 0 Å². The molecular weight excluding hydrogens is 377 g/mol. The average molecular weight is 392 g/mol. The van der Waals surface area contributed by atoms with Crippen LogP contribution in [0.25, 0.3) is 0 Å². The summed E-state index contributed by atoms with van der Waals surface area (Å²) in [6, 6.07) is 5.30. The van der Waals surface area contributed by atoms with Crippen molar-refractivity contribution in [3.8, 4) is 5.75 Å². The molecule has 0 spiro atoms. The molecule has 2 amide bonds. The Balaban J connectivity index is 1.83. The lowest BCUT2D eigenvalue weighted by molar-refractivity contribution is -0.274. The largest absolute Gasteiger partial charge is 0.573 e. The number of aromatic nitrogens is 2. The number of aromatic amines is 1. The van der Waals surface area contributed by atoms with E-state index in [2.05, 4.69) is 20.3 Å². The predicted molar refractivity (Wildman–Crippen MR) is 93.6 cm³/mol. The lowest BCUT2D eigenvalue weighted by atomic mass is 10.0. The van der Waals surface area contributed by atoms with Crippen LogP contribution in [-0.2, 0) is 11.2 Å². The molecule has 0 bridgehead atoms. The first-order chi connectivity index (χ1) is 13.2. The molecule has 1 aliphatic rings. The summed E-state index contributed by atoms with van der Waals surface area (Å²) >= 11 is 0. The molecule has 0 atom stereocenters. The number of anilines is 1. The van der Waals surface area contributed by atoms with Gasteiger partial charge in [-0.1, -0.05) is 42.5 Å². The normalized spacial score (nSPS) is 13.7. The van der Waals surface area contributed by atoms with Gasteiger partial charge in [-0.05, 0) is 6.07 Å². The molecule has 0 saturated heterocycles. The highest BCUT2D eigenvalue weighted by molar-refractivity contribution is 6.03. The summed E-state index contributed by atoms with van der Waals surface area (Å²) in [5, 5.41) is 9.02. The monoisotopic (exact) mass is 392 g/mol. The summed E-state index contributed by atoms with van der Waals surface area (Å²) < 4.78 is 41.5. The Bertz CT molecular complexity index is 951. The molecule has 1 aromatic heterocycles. The van der Waals surface area contributed by atoms with Gasteiger partial charge in [0, 0.05) is 11.5 Å². The molecule has 1 aliphatic carbocycles. The topological polar surface area (TPSA) is 110 Å². The van der Waals surface area contributed by atoms with Crippen LogP contribution >= 0.6 is 0 Å². The van der Waals surface area contributed by atoms with Crippen molar-refractivity contribution in [2.75, 3.05) is 5.32 Å². The molecule has 3 rings (SSSR count). The highest BCUT2D eigenvalue weighted by Crippen LogP contribution is 2.31. The van der Waals surface area contributed by atoms with Gasteiger partial charge in [-0.15, -0.1) is 13.2 Å². The predicted octanol–water partition coefficient (Wildman–Crippen LogP) is 2.80. The number of para-hydroxylation sites is 1. The first-order valence-corrected chi connectivity index (χ1v) is 8.11. The SMILES string of the molecule is NC(=O)c1n[nH]c(C2C=CC=C2)c1NC(=O)Cc1ccccc1OC(F)(F)F. The molecule has 0 radical (unpaired) electrons. The van der Waals surface area contributed by atoms with E-state index in [0.29, 0.717) is 5.69 Å². The quantitative estimate of drug-likeness (QED) is 0.702. The minimum Gasteiger partial charge on any atom is -0.405 e. The maximum atomic E-state index is 12.5. The number of benzene rings is 1. The summed E-state index contributed by atoms with van der Waals surface area (Å²) in [4.78, 5) is 24.1. The zero-order valence-corrected chi connectivity index (χ0v) is 14.3. The van der Waals surface area contributed by atoms with E-state index in [1.54, 1.807) is 24.3 Å². The number of ether oxygens (including phenoxy) is 1. The van der Waals surface area contributed by atoms with Gasteiger partial charge in [-0.2, -0.15) is 5.10 Å². The number of rotatable bonds is 6. The van der Waals surface area contributed by atoms with Crippen LogP contribution in [0.1, 0.15) is 27.7 Å². The standard InChI is InChI=1S/C18H15F3N4O3/c19-18(20,21)28-12-8-4-3-7-11(12)9-13(26)23-15-14(10-5-1-2-6-10)24-25-16(15)17(22)27/h1-8,10H,9H2,(H2,22,27)(H,23,26)(H,24,25). The average Bonchev–Trinajstić information content (AvgIpc) is 3.24. The van der Waals surface area contributed by atoms with Crippen molar-refractivity contribution in [3.05, 3.63) is 65.5 Å². The van der Waals surface area contributed by atoms with Crippen LogP contribution in [0.2, 0.25) is 0 Å². The fourth-order valence-corrected chi connectivity index (χ4v) is 2.76. The number of carbonyl (C=O) groups excluding carboxylic acids is 2. The zero-order chi connectivity index (χ0) is 20.3. The molecule has 0 unspecified atom stereocenters. The minimum absolute atomic E-state index is 0.0312. The summed E-state index contributed by atoms with van der Waals surface area (Å²) in [5.74, 6) is -2.25. The van der Waals surface area contributed by atoms with E-state index >= 15 is 0 Å². The highest BCUT2D eigenvalue weighted by atomic mass is 19.4. The maximum Gasteiger partial charge on any atom is 0.573 e. The molecule has 28 heavy (non-hydrogen) atoms. The Hall–Kier alpha value is -3.56. The smallest absolute Gasteiger partial charge is 0.405 e. The lowest BCUT2D eigenvalue weighted by Crippen LogP contribution is -2.22. The van der Waals surface area contributed by atoms with E-state index < -0.39 is 30.3 Å². The van der Waals surface area contributed by atoms with Crippen LogP contribution in [0.5, 0.6) is 5.75 Å². The number of hydrogen-bond acceptors (Lipinski definition) is 4. The van der Waals surface area contributed by atoms with E-state index in [-0.39, 0.29) is 22.9 Å². The molecule has 2 aromatic rings. The van der Waals surface area contributed by atoms with Gasteiger partial charge in [0.15, 0.2) is 5.69 Å². The summed E-state index contributed by atoms with van der Waals surface area (Å²) in [6.45, 7) is 0. The van der Waals surface area contributed by atoms with Gasteiger partial charge >= 0.3 is 6.36 Å². The highest BCUT2D eigenvalue weighted by Gasteiger charge is 2.32. The Morgan fingerprint density at radius 1 is 1.21 bits per heavy atom. The fraction of sp³-hybridized carbons (Fsp3) is 0.167. The van der Waals surface area contributed by atoms with Gasteiger partial charge in [-0.3, -0.25) is 14.7 Å². The van der Waals surface area contributed by atoms with Gasteiger partial charge in [0.25, 0.3) is 5.91 Å². The van der Waals surface area contributed by atoms with Gasteiger partial charge in [0.05, 0.1) is 17.8 Å². The lowest BCUT2D eigenvalue weighted by Gasteiger charge is -2.14. The summed E-state index contributed by atoms with van der Waals surface area (Å²) in [7, 11) is 0. The molecule has 0 saturated carbocycles. The van der Waals surface area contributed by atoms with Gasteiger partial charge < -0.3 is 15.8 Å². The van der Waals surface area contributed by atoms with Gasteiger partial charge in [-0.25, -0.2) is 0 Å². The number of allylic oxidation sites excluding steroid dienone is 4. The van der Waals surface area contributed by atoms with E-state index in [1.807, 2.05) is 0 Å². The third-order valence-electron chi connectivity index (χ3n) is 3.92. The Morgan fingerprint density at radius 2 is 1.89 bits per heavy atom. The Labute approximate surface area is 157 Å². The van der Waals surface area contributed by atoms with E-state index in [4.69, 9.17) is 5.73 Å². The number of amides is 2. The van der Waals surface area contributed by atoms with E-state index in [0.717, 1.165) is 6.07 Å². The molecule has 0 aliphatic heterocycles. The summed E-state index contributed by atoms with van der Waals surface area (Å²) in [6.07, 6.45) is 1.88. The van der Waals surface area contributed by atoms with Crippen LogP contribution in [0.4, 0.5) is 18.9 Å². The van der Waals surface area contributed by atoms with Crippen molar-refractivity contribution in [3.63, 3.8) is 0 Å². The third kappa shape index (κ3) is 4.40. The van der Waals surface area contributed by atoms with E-state index in [1.165, 1.54) is 18.2 Å². The molecular formula is C18H15F3N4O3. The second-order valence-corrected chi connectivity index (χ2v) is 5.90. The first kappa shape index (κ1) is 19.2. The summed E-state index contributed by atoms with van der Waals surface area (Å²) in [5.41, 5.74) is 5.68. The third-order valence-corrected chi connectivity index (χ3v) is 3.92. The molecule has 1 heterocycles. The van der Waals surface area contributed by atoms with Crippen molar-refractivity contribution in [1.29, 1.82) is 0 Å². The number of nitrogens with zero attached hydrogens (tertiary/aromatic N) is 1. The van der Waals surface area contributed by atoms with Crippen LogP contribution in [-0.4, -0.2) is 28.4 Å². The number of carbonyl (C=O) groups is 2. The van der Waals surface area contributed by atoms with Crippen molar-refractivity contribution in [1.82, 2.24) is 10.2 Å². The Kier molecular flexibility index (Phi) is 5.21. The number of nitrogens with one attached hydrogen (secondary N) is 2. The molecule has 7 nitrogen and oxygen atoms in total. The van der Waals surface area contributed by atoms with Crippen molar-refractivity contribution < 1.29 is 27.5 Å². The van der Waals surface area contributed by atoms with Gasteiger partial charge in [0.2, 0.25) is 5.91 Å². The molecule has 146 valence electrons. The second-order valence-electron chi connectivity index (χ2n) is 5.90. The zero-order valence-electron chi connectivity index (χ0n) is 14.3. The number of nitrogens with two attached hydrogens (primary N) is 1. The van der Waals surface area contributed by atoms with Crippen LogP contribution < -0.4 is 15.8 Å². The van der Waals surface area contributed by atoms with Gasteiger partial charge in [0.1, 0.15) is 5.75 Å². The first-order valence-electron chi connectivity index (χ1n) is 8.11. The van der Waals surface area contributed by atoms with E-state index in [9.17, 15) is 22.8 Å². The second kappa shape index (κ2) is 7.59. The number of halogens is 3.